The predicted octanol–water partition coefficient (Wildman–Crippen LogP) is 5.63. The molecule has 2 heterocycles. The zero-order chi connectivity index (χ0) is 29.0. The Morgan fingerprint density at radius 2 is 1.90 bits per heavy atom. The first-order valence-corrected chi connectivity index (χ1v) is 13.3. The van der Waals surface area contributed by atoms with Crippen LogP contribution in [-0.2, 0) is 11.8 Å². The predicted molar refractivity (Wildman–Crippen MR) is 165 cm³/mol. The maximum Gasteiger partial charge on any atom is 0.247 e. The van der Waals surface area contributed by atoms with Crippen molar-refractivity contribution < 1.29 is 9.53 Å². The fourth-order valence-corrected chi connectivity index (χ4v) is 4.65. The third-order valence-electron chi connectivity index (χ3n) is 6.89. The lowest BCUT2D eigenvalue weighted by Gasteiger charge is -2.26. The van der Waals surface area contributed by atoms with Crippen LogP contribution in [0.2, 0.25) is 0 Å². The fraction of sp³-hybridized carbons (Fsp3) is 0.323. The van der Waals surface area contributed by atoms with Gasteiger partial charge in [-0.3, -0.25) is 4.79 Å². The van der Waals surface area contributed by atoms with Crippen molar-refractivity contribution in [1.29, 1.82) is 0 Å². The van der Waals surface area contributed by atoms with Gasteiger partial charge in [0.05, 0.1) is 29.9 Å². The number of methoxy groups -OCH3 is 1. The number of carbonyl (C=O) groups is 1. The summed E-state index contributed by atoms with van der Waals surface area (Å²) in [6, 6.07) is 12.1. The van der Waals surface area contributed by atoms with Gasteiger partial charge in [0.15, 0.2) is 0 Å². The normalized spacial score (nSPS) is 11.2. The molecule has 0 bridgehead atoms. The minimum absolute atomic E-state index is 0.232. The van der Waals surface area contributed by atoms with Crippen molar-refractivity contribution in [2.75, 3.05) is 56.9 Å². The highest BCUT2D eigenvalue weighted by molar-refractivity contribution is 6.02. The van der Waals surface area contributed by atoms with Gasteiger partial charge in [0.2, 0.25) is 11.9 Å². The lowest BCUT2D eigenvalue weighted by Crippen LogP contribution is -2.29. The van der Waals surface area contributed by atoms with Crippen molar-refractivity contribution in [3.05, 3.63) is 67.0 Å². The van der Waals surface area contributed by atoms with Crippen molar-refractivity contribution in [3.8, 4) is 17.0 Å². The molecule has 2 aromatic carbocycles. The number of fused-ring (bicyclic) bond motifs is 1. The lowest BCUT2D eigenvalue weighted by molar-refractivity contribution is -0.111. The standard InChI is InChI=1S/C31H39N7O2/c1-9-29(39)33-24-16-25(28(40-8)17-27(24)37(6)15-14-36(4)5)34-31-32-18-22(20(2)3)30(35-31)23-19-38(7)26-13-11-10-12-21(23)26/h9-13,16-20H,1,14-15H2,2-8H3,(H,33,39)(H,32,34,35). The highest BCUT2D eigenvalue weighted by Crippen LogP contribution is 2.39. The van der Waals surface area contributed by atoms with Gasteiger partial charge in [-0.1, -0.05) is 38.6 Å². The highest BCUT2D eigenvalue weighted by Gasteiger charge is 2.20. The number of nitrogens with zero attached hydrogens (tertiary/aromatic N) is 5. The molecular formula is C31H39N7O2. The number of para-hydroxylation sites is 1. The van der Waals surface area contributed by atoms with Gasteiger partial charge in [-0.25, -0.2) is 9.97 Å². The van der Waals surface area contributed by atoms with Crippen LogP contribution in [0.25, 0.3) is 22.2 Å². The molecule has 40 heavy (non-hydrogen) atoms. The molecule has 0 aliphatic carbocycles. The second-order valence-corrected chi connectivity index (χ2v) is 10.4. The van der Waals surface area contributed by atoms with E-state index in [9.17, 15) is 4.79 Å². The quantitative estimate of drug-likeness (QED) is 0.238. The van der Waals surface area contributed by atoms with Crippen molar-refractivity contribution in [2.45, 2.75) is 19.8 Å². The number of ether oxygens (including phenoxy) is 1. The Kier molecular flexibility index (Phi) is 8.74. The van der Waals surface area contributed by atoms with E-state index in [1.54, 1.807) is 7.11 Å². The second kappa shape index (κ2) is 12.2. The van der Waals surface area contributed by atoms with Crippen LogP contribution in [0.3, 0.4) is 0 Å². The van der Waals surface area contributed by atoms with E-state index >= 15 is 0 Å². The number of carbonyl (C=O) groups excluding carboxylic acids is 1. The van der Waals surface area contributed by atoms with E-state index in [1.807, 2.05) is 58.7 Å². The van der Waals surface area contributed by atoms with Crippen molar-refractivity contribution in [3.63, 3.8) is 0 Å². The van der Waals surface area contributed by atoms with Crippen molar-refractivity contribution in [1.82, 2.24) is 19.4 Å². The number of hydrogen-bond acceptors (Lipinski definition) is 7. The van der Waals surface area contributed by atoms with Gasteiger partial charge in [-0.2, -0.15) is 0 Å². The van der Waals surface area contributed by atoms with Gasteiger partial charge in [0.25, 0.3) is 0 Å². The van der Waals surface area contributed by atoms with E-state index in [4.69, 9.17) is 9.72 Å². The van der Waals surface area contributed by atoms with E-state index in [0.29, 0.717) is 23.1 Å². The average molecular weight is 542 g/mol. The topological polar surface area (TPSA) is 87.5 Å². The largest absolute Gasteiger partial charge is 0.494 e. The molecule has 4 rings (SSSR count). The molecule has 9 heteroatoms. The molecule has 210 valence electrons. The molecule has 9 nitrogen and oxygen atoms in total. The Labute approximate surface area is 236 Å². The molecule has 0 saturated carbocycles. The Morgan fingerprint density at radius 1 is 1.15 bits per heavy atom. The summed E-state index contributed by atoms with van der Waals surface area (Å²) in [5.41, 5.74) is 6.21. The van der Waals surface area contributed by atoms with Crippen LogP contribution in [0.5, 0.6) is 5.75 Å². The maximum atomic E-state index is 12.3. The number of rotatable bonds is 11. The first kappa shape index (κ1) is 28.6. The van der Waals surface area contributed by atoms with Crippen LogP contribution in [-0.4, -0.2) is 66.7 Å². The summed E-state index contributed by atoms with van der Waals surface area (Å²) in [4.78, 5) is 26.2. The zero-order valence-corrected chi connectivity index (χ0v) is 24.4. The molecule has 0 saturated heterocycles. The summed E-state index contributed by atoms with van der Waals surface area (Å²) in [5.74, 6) is 0.969. The monoisotopic (exact) mass is 541 g/mol. The molecule has 0 aliphatic heterocycles. The van der Waals surface area contributed by atoms with E-state index in [1.165, 1.54) is 6.08 Å². The summed E-state index contributed by atoms with van der Waals surface area (Å²) in [7, 11) is 9.70. The Hall–Kier alpha value is -4.37. The first-order chi connectivity index (χ1) is 19.1. The fourth-order valence-electron chi connectivity index (χ4n) is 4.65. The summed E-state index contributed by atoms with van der Waals surface area (Å²) in [6.45, 7) is 9.50. The van der Waals surface area contributed by atoms with Crippen LogP contribution in [0.15, 0.2) is 61.4 Å². The molecule has 4 aromatic rings. The Morgan fingerprint density at radius 3 is 2.58 bits per heavy atom. The minimum Gasteiger partial charge on any atom is -0.494 e. The first-order valence-electron chi connectivity index (χ1n) is 13.3. The molecule has 0 atom stereocenters. The van der Waals surface area contributed by atoms with Crippen LogP contribution in [0, 0.1) is 0 Å². The number of likely N-dealkylation sites (N-methyl/N-ethyl adjacent to an activating group) is 2. The van der Waals surface area contributed by atoms with Crippen LogP contribution >= 0.6 is 0 Å². The van der Waals surface area contributed by atoms with E-state index in [-0.39, 0.29) is 11.8 Å². The average Bonchev–Trinajstić information content (AvgIpc) is 3.27. The molecule has 0 fully saturated rings. The van der Waals surface area contributed by atoms with E-state index in [0.717, 1.165) is 46.5 Å². The molecule has 0 unspecified atom stereocenters. The smallest absolute Gasteiger partial charge is 0.247 e. The van der Waals surface area contributed by atoms with E-state index in [2.05, 4.69) is 68.7 Å². The van der Waals surface area contributed by atoms with Crippen LogP contribution in [0.4, 0.5) is 23.0 Å². The summed E-state index contributed by atoms with van der Waals surface area (Å²) < 4.78 is 7.88. The van der Waals surface area contributed by atoms with Crippen LogP contribution in [0.1, 0.15) is 25.3 Å². The second-order valence-electron chi connectivity index (χ2n) is 10.4. The van der Waals surface area contributed by atoms with Gasteiger partial charge < -0.3 is 29.7 Å². The molecular weight excluding hydrogens is 502 g/mol. The third kappa shape index (κ3) is 6.10. The zero-order valence-electron chi connectivity index (χ0n) is 24.4. The van der Waals surface area contributed by atoms with Gasteiger partial charge in [-0.05, 0) is 43.8 Å². The summed E-state index contributed by atoms with van der Waals surface area (Å²) in [6.07, 6.45) is 5.25. The number of aromatic nitrogens is 3. The van der Waals surface area contributed by atoms with Gasteiger partial charge in [-0.15, -0.1) is 0 Å². The third-order valence-corrected chi connectivity index (χ3v) is 6.89. The molecule has 0 radical (unpaired) electrons. The number of nitrogens with one attached hydrogen (secondary N) is 2. The molecule has 2 aromatic heterocycles. The molecule has 0 aliphatic rings. The number of anilines is 4. The number of benzene rings is 2. The van der Waals surface area contributed by atoms with E-state index < -0.39 is 0 Å². The molecule has 0 spiro atoms. The van der Waals surface area contributed by atoms with Crippen molar-refractivity contribution >= 4 is 39.8 Å². The van der Waals surface area contributed by atoms with Gasteiger partial charge >= 0.3 is 0 Å². The van der Waals surface area contributed by atoms with Crippen LogP contribution < -0.4 is 20.3 Å². The Bertz CT molecular complexity index is 1520. The maximum absolute atomic E-state index is 12.3. The number of amides is 1. The van der Waals surface area contributed by atoms with Crippen molar-refractivity contribution in [2.24, 2.45) is 7.05 Å². The number of aryl methyl sites for hydroxylation is 1. The highest BCUT2D eigenvalue weighted by atomic mass is 16.5. The van der Waals surface area contributed by atoms with Gasteiger partial charge in [0, 0.05) is 62.1 Å². The molecule has 2 N–H and O–H groups in total. The summed E-state index contributed by atoms with van der Waals surface area (Å²) >= 11 is 0. The van der Waals surface area contributed by atoms with Gasteiger partial charge in [0.1, 0.15) is 5.75 Å². The number of hydrogen-bond donors (Lipinski definition) is 2. The lowest BCUT2D eigenvalue weighted by atomic mass is 9.98. The minimum atomic E-state index is -0.297. The molecule has 1 amide bonds. The SMILES string of the molecule is C=CC(=O)Nc1cc(Nc2ncc(C(C)C)c(-c3cn(C)c4ccccc34)n2)c(OC)cc1N(C)CCN(C)C. The Balaban J connectivity index is 1.79. The summed E-state index contributed by atoms with van der Waals surface area (Å²) in [5, 5.41) is 7.42.